The molecule has 4 atom stereocenters. The summed E-state index contributed by atoms with van der Waals surface area (Å²) in [5.74, 6) is -3.88. The molecule has 8 heteroatoms. The third-order valence-electron chi connectivity index (χ3n) is 5.33. The van der Waals surface area contributed by atoms with Crippen LogP contribution in [0.15, 0.2) is 43.0 Å². The maximum Gasteiger partial charge on any atom is 0.338 e. The van der Waals surface area contributed by atoms with Crippen LogP contribution in [0.5, 0.6) is 0 Å². The number of carbonyl (C=O) groups excluding carboxylic acids is 3. The highest BCUT2D eigenvalue weighted by Crippen LogP contribution is 2.30. The number of cyclic esters (lactones) is 1. The summed E-state index contributed by atoms with van der Waals surface area (Å²) in [5.41, 5.74) is -0.333. The van der Waals surface area contributed by atoms with Crippen molar-refractivity contribution in [2.45, 2.75) is 65.0 Å². The highest BCUT2D eigenvalue weighted by Gasteiger charge is 2.48. The Kier molecular flexibility index (Phi) is 7.81. The number of hydrogen-bond acceptors (Lipinski definition) is 6. The van der Waals surface area contributed by atoms with E-state index in [0.29, 0.717) is 0 Å². The summed E-state index contributed by atoms with van der Waals surface area (Å²) < 4.78 is 10.8. The van der Waals surface area contributed by atoms with Gasteiger partial charge in [-0.05, 0) is 32.8 Å². The van der Waals surface area contributed by atoms with Crippen molar-refractivity contribution in [3.05, 3.63) is 48.6 Å². The lowest BCUT2D eigenvalue weighted by Gasteiger charge is -2.31. The molecule has 1 aromatic rings. The molecule has 1 aromatic carbocycles. The van der Waals surface area contributed by atoms with Crippen LogP contribution in [0.1, 0.15) is 52.6 Å². The highest BCUT2D eigenvalue weighted by molar-refractivity contribution is 5.92. The Bertz CT molecular complexity index is 904. The van der Waals surface area contributed by atoms with Gasteiger partial charge in [0, 0.05) is 13.8 Å². The molecule has 0 bridgehead atoms. The van der Waals surface area contributed by atoms with E-state index >= 15 is 0 Å². The first-order chi connectivity index (χ1) is 14.9. The second-order valence-electron chi connectivity index (χ2n) is 8.91. The van der Waals surface area contributed by atoms with Gasteiger partial charge in [-0.1, -0.05) is 36.4 Å². The lowest BCUT2D eigenvalue weighted by atomic mass is 9.84. The number of nitrogens with one attached hydrogen (secondary N) is 2. The Labute approximate surface area is 189 Å². The predicted molar refractivity (Wildman–Crippen MR) is 118 cm³/mol. The molecule has 172 valence electrons. The SMILES string of the molecule is C=CC[C@@H](C(=O)N[C@H](C(=O)N[C@H](C)c1ccccc1)C(C)(C)C#N)[C@@H]1OC(C)(C)OC1=O. The van der Waals surface area contributed by atoms with Crippen LogP contribution < -0.4 is 10.6 Å². The fourth-order valence-electron chi connectivity index (χ4n) is 3.48. The summed E-state index contributed by atoms with van der Waals surface area (Å²) in [6.07, 6.45) is 0.484. The number of carbonyl (C=O) groups is 3. The Morgan fingerprint density at radius 2 is 1.88 bits per heavy atom. The number of hydrogen-bond donors (Lipinski definition) is 2. The van der Waals surface area contributed by atoms with E-state index < -0.39 is 47.0 Å². The minimum Gasteiger partial charge on any atom is -0.432 e. The number of ether oxygens (including phenoxy) is 2. The lowest BCUT2D eigenvalue weighted by molar-refractivity contribution is -0.162. The maximum atomic E-state index is 13.2. The molecule has 32 heavy (non-hydrogen) atoms. The van der Waals surface area contributed by atoms with Gasteiger partial charge in [0.2, 0.25) is 17.6 Å². The standard InChI is InChI=1S/C24H31N3O5/c1-7-11-17(18-22(30)32-24(5,6)31-18)20(28)27-19(23(3,4)14-25)21(29)26-15(2)16-12-9-8-10-13-16/h7-10,12-13,15,17-19H,1,11H2,2-6H3,(H,26,29)(H,27,28)/t15-,17-,18+,19-/m1/s1. The van der Waals surface area contributed by atoms with E-state index in [-0.39, 0.29) is 12.5 Å². The summed E-state index contributed by atoms with van der Waals surface area (Å²) in [6.45, 7) is 11.8. The average molecular weight is 442 g/mol. The van der Waals surface area contributed by atoms with Crippen LogP contribution in [0.4, 0.5) is 0 Å². The third-order valence-corrected chi connectivity index (χ3v) is 5.33. The van der Waals surface area contributed by atoms with E-state index in [0.717, 1.165) is 5.56 Å². The number of rotatable bonds is 9. The fourth-order valence-corrected chi connectivity index (χ4v) is 3.48. The van der Waals surface area contributed by atoms with Gasteiger partial charge in [-0.2, -0.15) is 5.26 Å². The number of benzene rings is 1. The van der Waals surface area contributed by atoms with Crippen molar-refractivity contribution < 1.29 is 23.9 Å². The molecule has 0 aromatic heterocycles. The van der Waals surface area contributed by atoms with E-state index in [2.05, 4.69) is 23.3 Å². The number of amides is 2. The Hall–Kier alpha value is -3.18. The van der Waals surface area contributed by atoms with Gasteiger partial charge >= 0.3 is 5.97 Å². The van der Waals surface area contributed by atoms with Crippen LogP contribution in [-0.4, -0.2) is 35.7 Å². The molecule has 1 aliphatic heterocycles. The minimum atomic E-state index is -1.22. The van der Waals surface area contributed by atoms with E-state index in [1.165, 1.54) is 6.08 Å². The largest absolute Gasteiger partial charge is 0.432 e. The summed E-state index contributed by atoms with van der Waals surface area (Å²) in [6, 6.07) is 9.92. The van der Waals surface area contributed by atoms with E-state index in [4.69, 9.17) is 9.47 Å². The molecule has 0 radical (unpaired) electrons. The van der Waals surface area contributed by atoms with Gasteiger partial charge in [0.05, 0.1) is 23.4 Å². The summed E-state index contributed by atoms with van der Waals surface area (Å²) in [5, 5.41) is 15.2. The molecule has 0 aliphatic carbocycles. The first-order valence-corrected chi connectivity index (χ1v) is 10.5. The van der Waals surface area contributed by atoms with Crippen molar-refractivity contribution in [2.24, 2.45) is 11.3 Å². The van der Waals surface area contributed by atoms with Gasteiger partial charge in [0.25, 0.3) is 0 Å². The molecule has 0 unspecified atom stereocenters. The van der Waals surface area contributed by atoms with Gasteiger partial charge < -0.3 is 20.1 Å². The molecular weight excluding hydrogens is 410 g/mol. The van der Waals surface area contributed by atoms with Crippen molar-refractivity contribution in [3.8, 4) is 6.07 Å². The first-order valence-electron chi connectivity index (χ1n) is 10.5. The van der Waals surface area contributed by atoms with Gasteiger partial charge in [0.15, 0.2) is 6.10 Å². The van der Waals surface area contributed by atoms with Crippen molar-refractivity contribution in [1.29, 1.82) is 5.26 Å². The average Bonchev–Trinajstić information content (AvgIpc) is 3.02. The van der Waals surface area contributed by atoms with E-state index in [1.807, 2.05) is 37.3 Å². The van der Waals surface area contributed by atoms with Gasteiger partial charge in [0.1, 0.15) is 6.04 Å². The normalized spacial score (nSPS) is 20.2. The Morgan fingerprint density at radius 1 is 1.25 bits per heavy atom. The van der Waals surface area contributed by atoms with Crippen molar-refractivity contribution in [2.75, 3.05) is 0 Å². The zero-order valence-corrected chi connectivity index (χ0v) is 19.2. The van der Waals surface area contributed by atoms with Crippen molar-refractivity contribution >= 4 is 17.8 Å². The highest BCUT2D eigenvalue weighted by atomic mass is 16.8. The monoisotopic (exact) mass is 441 g/mol. The van der Waals surface area contributed by atoms with Crippen molar-refractivity contribution in [1.82, 2.24) is 10.6 Å². The van der Waals surface area contributed by atoms with Crippen LogP contribution in [0, 0.1) is 22.7 Å². The molecule has 2 rings (SSSR count). The van der Waals surface area contributed by atoms with E-state index in [9.17, 15) is 19.6 Å². The predicted octanol–water partition coefficient (Wildman–Crippen LogP) is 2.77. The fraction of sp³-hybridized carbons (Fsp3) is 0.500. The molecule has 1 saturated heterocycles. The quantitative estimate of drug-likeness (QED) is 0.449. The van der Waals surface area contributed by atoms with E-state index in [1.54, 1.807) is 27.7 Å². The zero-order chi connectivity index (χ0) is 24.1. The van der Waals surface area contributed by atoms with Gasteiger partial charge in [-0.3, -0.25) is 9.59 Å². The topological polar surface area (TPSA) is 118 Å². The molecule has 1 heterocycles. The second kappa shape index (κ2) is 9.96. The smallest absolute Gasteiger partial charge is 0.338 e. The summed E-state index contributed by atoms with van der Waals surface area (Å²) >= 11 is 0. The second-order valence-corrected chi connectivity index (χ2v) is 8.91. The first kappa shape index (κ1) is 25.1. The lowest BCUT2D eigenvalue weighted by Crippen LogP contribution is -2.56. The Balaban J connectivity index is 2.24. The molecule has 1 fully saturated rings. The summed E-state index contributed by atoms with van der Waals surface area (Å²) in [7, 11) is 0. The van der Waals surface area contributed by atoms with Crippen LogP contribution >= 0.6 is 0 Å². The molecule has 8 nitrogen and oxygen atoms in total. The molecule has 0 spiro atoms. The van der Waals surface area contributed by atoms with Crippen molar-refractivity contribution in [3.63, 3.8) is 0 Å². The minimum absolute atomic E-state index is 0.128. The zero-order valence-electron chi connectivity index (χ0n) is 19.2. The van der Waals surface area contributed by atoms with Crippen LogP contribution in [-0.2, 0) is 23.9 Å². The van der Waals surface area contributed by atoms with Crippen LogP contribution in [0.25, 0.3) is 0 Å². The number of nitrogens with zero attached hydrogens (tertiary/aromatic N) is 1. The van der Waals surface area contributed by atoms with Crippen LogP contribution in [0.2, 0.25) is 0 Å². The third kappa shape index (κ3) is 5.95. The van der Waals surface area contributed by atoms with Gasteiger partial charge in [-0.25, -0.2) is 4.79 Å². The van der Waals surface area contributed by atoms with Gasteiger partial charge in [-0.15, -0.1) is 6.58 Å². The molecule has 2 N–H and O–H groups in total. The molecule has 1 aliphatic rings. The number of allylic oxidation sites excluding steroid dienone is 1. The maximum absolute atomic E-state index is 13.2. The molecule has 0 saturated carbocycles. The Morgan fingerprint density at radius 3 is 2.38 bits per heavy atom. The number of esters is 1. The number of nitriles is 1. The summed E-state index contributed by atoms with van der Waals surface area (Å²) in [4.78, 5) is 38.6. The molecular formula is C24H31N3O5. The van der Waals surface area contributed by atoms with Crippen LogP contribution in [0.3, 0.4) is 0 Å². The molecule has 2 amide bonds.